The summed E-state index contributed by atoms with van der Waals surface area (Å²) in [5, 5.41) is 5.44. The lowest BCUT2D eigenvalue weighted by molar-refractivity contribution is -0.119. The molecule has 0 saturated carbocycles. The van der Waals surface area contributed by atoms with Crippen molar-refractivity contribution >= 4 is 17.9 Å². The van der Waals surface area contributed by atoms with Crippen molar-refractivity contribution in [1.82, 2.24) is 10.6 Å². The molecule has 0 radical (unpaired) electrons. The highest BCUT2D eigenvalue weighted by Crippen LogP contribution is 2.02. The first-order valence-electron chi connectivity index (χ1n) is 5.54. The Balaban J connectivity index is 1.85. The number of hydrogen-bond donors (Lipinski definition) is 2. The van der Waals surface area contributed by atoms with Crippen molar-refractivity contribution in [1.29, 1.82) is 0 Å². The molecular formula is C13H14N2O2. The van der Waals surface area contributed by atoms with E-state index in [9.17, 15) is 9.59 Å². The molecule has 0 spiro atoms. The summed E-state index contributed by atoms with van der Waals surface area (Å²) in [5.74, 6) is -0.183. The van der Waals surface area contributed by atoms with Crippen LogP contribution < -0.4 is 10.6 Å². The summed E-state index contributed by atoms with van der Waals surface area (Å²) in [6.07, 6.45) is 3.60. The Morgan fingerprint density at radius 3 is 2.76 bits per heavy atom. The Morgan fingerprint density at radius 2 is 2.12 bits per heavy atom. The standard InChI is InChI=1S/C13H14N2O2/c16-12(15-11-8-13(17)14-9-11)7-6-10-4-2-1-3-5-10/h1-7,11H,8-9H2,(H,14,17)(H,15,16)/b7-6+/t11-/m1/s1. The molecule has 1 aromatic carbocycles. The second-order valence-electron chi connectivity index (χ2n) is 3.96. The molecule has 88 valence electrons. The highest BCUT2D eigenvalue weighted by Gasteiger charge is 2.21. The number of carbonyl (C=O) groups is 2. The highest BCUT2D eigenvalue weighted by atomic mass is 16.2. The monoisotopic (exact) mass is 230 g/mol. The van der Waals surface area contributed by atoms with Crippen LogP contribution in [0, 0.1) is 0 Å². The minimum atomic E-state index is -0.171. The van der Waals surface area contributed by atoms with Gasteiger partial charge >= 0.3 is 0 Å². The maximum atomic E-state index is 11.5. The first-order chi connectivity index (χ1) is 8.24. The van der Waals surface area contributed by atoms with Crippen LogP contribution in [-0.2, 0) is 9.59 Å². The molecule has 2 rings (SSSR count). The first kappa shape index (κ1) is 11.4. The van der Waals surface area contributed by atoms with Gasteiger partial charge in [0.1, 0.15) is 0 Å². The van der Waals surface area contributed by atoms with E-state index in [2.05, 4.69) is 10.6 Å². The van der Waals surface area contributed by atoms with E-state index < -0.39 is 0 Å². The quantitative estimate of drug-likeness (QED) is 0.751. The predicted octanol–water partition coefficient (Wildman–Crippen LogP) is 0.705. The lowest BCUT2D eigenvalue weighted by atomic mass is 10.2. The molecule has 0 aromatic heterocycles. The number of nitrogens with one attached hydrogen (secondary N) is 2. The average molecular weight is 230 g/mol. The SMILES string of the molecule is O=C(/C=C/c1ccccc1)N[C@H]1CNC(=O)C1. The number of hydrogen-bond acceptors (Lipinski definition) is 2. The summed E-state index contributed by atoms with van der Waals surface area (Å²) in [7, 11) is 0. The van der Waals surface area contributed by atoms with Crippen LogP contribution in [0.2, 0.25) is 0 Å². The number of rotatable bonds is 3. The van der Waals surface area contributed by atoms with Gasteiger partial charge in [-0.05, 0) is 11.6 Å². The van der Waals surface area contributed by atoms with Crippen molar-refractivity contribution in [3.63, 3.8) is 0 Å². The summed E-state index contributed by atoms with van der Waals surface area (Å²) in [6, 6.07) is 9.51. The van der Waals surface area contributed by atoms with Crippen molar-refractivity contribution in [2.75, 3.05) is 6.54 Å². The fourth-order valence-electron chi connectivity index (χ4n) is 1.69. The van der Waals surface area contributed by atoms with Crippen LogP contribution in [0.4, 0.5) is 0 Å². The van der Waals surface area contributed by atoms with E-state index in [0.29, 0.717) is 13.0 Å². The number of amides is 2. The van der Waals surface area contributed by atoms with Gasteiger partial charge in [-0.3, -0.25) is 9.59 Å². The van der Waals surface area contributed by atoms with Gasteiger partial charge in [-0.25, -0.2) is 0 Å². The third-order valence-electron chi connectivity index (χ3n) is 2.55. The van der Waals surface area contributed by atoms with Crippen molar-refractivity contribution < 1.29 is 9.59 Å². The van der Waals surface area contributed by atoms with E-state index in [-0.39, 0.29) is 17.9 Å². The second kappa shape index (κ2) is 5.30. The van der Waals surface area contributed by atoms with E-state index >= 15 is 0 Å². The van der Waals surface area contributed by atoms with Gasteiger partial charge in [0.15, 0.2) is 0 Å². The van der Waals surface area contributed by atoms with Gasteiger partial charge < -0.3 is 10.6 Å². The molecule has 1 atom stereocenters. The maximum absolute atomic E-state index is 11.5. The molecule has 2 N–H and O–H groups in total. The Morgan fingerprint density at radius 1 is 1.35 bits per heavy atom. The minimum Gasteiger partial charge on any atom is -0.354 e. The Labute approximate surface area is 99.7 Å². The maximum Gasteiger partial charge on any atom is 0.244 e. The molecule has 0 bridgehead atoms. The normalized spacial score (nSPS) is 19.3. The van der Waals surface area contributed by atoms with E-state index in [0.717, 1.165) is 5.56 Å². The van der Waals surface area contributed by atoms with Gasteiger partial charge in [0, 0.05) is 19.0 Å². The van der Waals surface area contributed by atoms with Crippen LogP contribution in [0.3, 0.4) is 0 Å². The topological polar surface area (TPSA) is 58.2 Å². The van der Waals surface area contributed by atoms with Crippen LogP contribution >= 0.6 is 0 Å². The Kier molecular flexibility index (Phi) is 3.55. The summed E-state index contributed by atoms with van der Waals surface area (Å²) < 4.78 is 0. The molecule has 1 fully saturated rings. The van der Waals surface area contributed by atoms with Crippen LogP contribution in [-0.4, -0.2) is 24.4 Å². The Hall–Kier alpha value is -2.10. The zero-order chi connectivity index (χ0) is 12.1. The molecule has 17 heavy (non-hydrogen) atoms. The molecule has 4 nitrogen and oxygen atoms in total. The third kappa shape index (κ3) is 3.45. The van der Waals surface area contributed by atoms with E-state index in [1.54, 1.807) is 6.08 Å². The van der Waals surface area contributed by atoms with E-state index in [1.807, 2.05) is 30.3 Å². The molecule has 1 saturated heterocycles. The fraction of sp³-hybridized carbons (Fsp3) is 0.231. The van der Waals surface area contributed by atoms with Crippen LogP contribution in [0.25, 0.3) is 6.08 Å². The zero-order valence-electron chi connectivity index (χ0n) is 9.35. The molecule has 4 heteroatoms. The van der Waals surface area contributed by atoms with Crippen molar-refractivity contribution in [2.45, 2.75) is 12.5 Å². The van der Waals surface area contributed by atoms with Crippen LogP contribution in [0.1, 0.15) is 12.0 Å². The molecule has 0 unspecified atom stereocenters. The number of carbonyl (C=O) groups excluding carboxylic acids is 2. The smallest absolute Gasteiger partial charge is 0.244 e. The molecule has 2 amide bonds. The van der Waals surface area contributed by atoms with Gasteiger partial charge in [-0.15, -0.1) is 0 Å². The molecule has 1 aliphatic heterocycles. The molecule has 1 aliphatic rings. The summed E-state index contributed by atoms with van der Waals surface area (Å²) in [5.41, 5.74) is 0.975. The lowest BCUT2D eigenvalue weighted by Crippen LogP contribution is -2.34. The first-order valence-corrected chi connectivity index (χ1v) is 5.54. The average Bonchev–Trinajstić information content (AvgIpc) is 2.73. The van der Waals surface area contributed by atoms with E-state index in [1.165, 1.54) is 6.08 Å². The van der Waals surface area contributed by atoms with Crippen molar-refractivity contribution in [3.8, 4) is 0 Å². The molecule has 1 aromatic rings. The second-order valence-corrected chi connectivity index (χ2v) is 3.96. The summed E-state index contributed by atoms with van der Waals surface area (Å²) in [4.78, 5) is 22.5. The summed E-state index contributed by atoms with van der Waals surface area (Å²) in [6.45, 7) is 0.518. The fourth-order valence-corrected chi connectivity index (χ4v) is 1.69. The van der Waals surface area contributed by atoms with Crippen molar-refractivity contribution in [2.24, 2.45) is 0 Å². The van der Waals surface area contributed by atoms with Crippen LogP contribution in [0.15, 0.2) is 36.4 Å². The lowest BCUT2D eigenvalue weighted by Gasteiger charge is -2.07. The Bertz CT molecular complexity index is 440. The van der Waals surface area contributed by atoms with Crippen LogP contribution in [0.5, 0.6) is 0 Å². The van der Waals surface area contributed by atoms with E-state index in [4.69, 9.17) is 0 Å². The molecule has 1 heterocycles. The highest BCUT2D eigenvalue weighted by molar-refractivity contribution is 5.92. The van der Waals surface area contributed by atoms with Gasteiger partial charge in [0.2, 0.25) is 11.8 Å². The predicted molar refractivity (Wildman–Crippen MR) is 65.0 cm³/mol. The van der Waals surface area contributed by atoms with Gasteiger partial charge in [-0.1, -0.05) is 30.3 Å². The number of benzene rings is 1. The minimum absolute atomic E-state index is 0.0117. The molecule has 0 aliphatic carbocycles. The van der Waals surface area contributed by atoms with Crippen molar-refractivity contribution in [3.05, 3.63) is 42.0 Å². The molecular weight excluding hydrogens is 216 g/mol. The van der Waals surface area contributed by atoms with Gasteiger partial charge in [-0.2, -0.15) is 0 Å². The van der Waals surface area contributed by atoms with Gasteiger partial charge in [0.05, 0.1) is 6.04 Å². The van der Waals surface area contributed by atoms with Gasteiger partial charge in [0.25, 0.3) is 0 Å². The summed E-state index contributed by atoms with van der Waals surface area (Å²) >= 11 is 0. The third-order valence-corrected chi connectivity index (χ3v) is 2.55. The largest absolute Gasteiger partial charge is 0.354 e. The zero-order valence-corrected chi connectivity index (χ0v) is 9.35.